The van der Waals surface area contributed by atoms with Crippen LogP contribution in [0.15, 0.2) is 18.2 Å². The van der Waals surface area contributed by atoms with Crippen molar-refractivity contribution in [2.75, 3.05) is 6.61 Å². The molecule has 0 radical (unpaired) electrons. The average Bonchev–Trinajstić information content (AvgIpc) is 2.35. The van der Waals surface area contributed by atoms with Gasteiger partial charge in [-0.25, -0.2) is 8.78 Å². The summed E-state index contributed by atoms with van der Waals surface area (Å²) in [5.74, 6) is -2.49. The van der Waals surface area contributed by atoms with Crippen molar-refractivity contribution in [2.45, 2.75) is 38.5 Å². The zero-order valence-corrected chi connectivity index (χ0v) is 10.7. The Morgan fingerprint density at radius 3 is 2.26 bits per heavy atom. The number of rotatable bonds is 9. The second-order valence-corrected chi connectivity index (χ2v) is 4.31. The third-order valence-corrected chi connectivity index (χ3v) is 2.70. The van der Waals surface area contributed by atoms with Crippen LogP contribution in [0.2, 0.25) is 0 Å². The van der Waals surface area contributed by atoms with Gasteiger partial charge in [0, 0.05) is 6.42 Å². The van der Waals surface area contributed by atoms with Gasteiger partial charge in [-0.15, -0.1) is 0 Å². The molecule has 0 spiro atoms. The van der Waals surface area contributed by atoms with Crippen molar-refractivity contribution in [3.63, 3.8) is 0 Å². The quantitative estimate of drug-likeness (QED) is 0.696. The lowest BCUT2D eigenvalue weighted by Gasteiger charge is -2.07. The first-order valence-corrected chi connectivity index (χ1v) is 6.40. The van der Waals surface area contributed by atoms with Crippen LogP contribution in [-0.2, 0) is 4.79 Å². The summed E-state index contributed by atoms with van der Waals surface area (Å²) >= 11 is 0. The van der Waals surface area contributed by atoms with Crippen LogP contribution in [0.25, 0.3) is 0 Å². The number of hydrogen-bond acceptors (Lipinski definition) is 2. The lowest BCUT2D eigenvalue weighted by Crippen LogP contribution is -2.01. The summed E-state index contributed by atoms with van der Waals surface area (Å²) in [7, 11) is 0. The number of unbranched alkanes of at least 4 members (excludes halogenated alkanes) is 4. The van der Waals surface area contributed by atoms with Gasteiger partial charge in [-0.05, 0) is 25.0 Å². The summed E-state index contributed by atoms with van der Waals surface area (Å²) in [6.45, 7) is 0.261. The van der Waals surface area contributed by atoms with Gasteiger partial charge in [0.25, 0.3) is 0 Å². The summed E-state index contributed by atoms with van der Waals surface area (Å²) in [5.41, 5.74) is 0. The largest absolute Gasteiger partial charge is 0.488 e. The molecule has 1 aromatic rings. The first-order chi connectivity index (χ1) is 9.11. The second kappa shape index (κ2) is 8.45. The number of ether oxygens (including phenoxy) is 1. The molecule has 1 N–H and O–H groups in total. The summed E-state index contributed by atoms with van der Waals surface area (Å²) in [4.78, 5) is 10.3. The normalized spacial score (nSPS) is 10.4. The van der Waals surface area contributed by atoms with E-state index in [0.717, 1.165) is 31.4 Å². The van der Waals surface area contributed by atoms with E-state index in [1.54, 1.807) is 0 Å². The number of carbonyl (C=O) groups is 1. The van der Waals surface area contributed by atoms with E-state index in [1.165, 1.54) is 6.07 Å². The third-order valence-electron chi connectivity index (χ3n) is 2.70. The molecule has 0 aromatic heterocycles. The van der Waals surface area contributed by atoms with Crippen LogP contribution in [-0.4, -0.2) is 17.7 Å². The summed E-state index contributed by atoms with van der Waals surface area (Å²) < 4.78 is 31.4. The van der Waals surface area contributed by atoms with E-state index in [0.29, 0.717) is 12.8 Å². The Labute approximate surface area is 111 Å². The number of aliphatic carboxylic acids is 1. The Hall–Kier alpha value is -1.65. The fourth-order valence-electron chi connectivity index (χ4n) is 1.70. The third kappa shape index (κ3) is 6.18. The monoisotopic (exact) mass is 272 g/mol. The molecule has 5 heteroatoms. The van der Waals surface area contributed by atoms with Gasteiger partial charge < -0.3 is 9.84 Å². The highest BCUT2D eigenvalue weighted by atomic mass is 19.1. The van der Waals surface area contributed by atoms with Crippen molar-refractivity contribution in [3.05, 3.63) is 29.8 Å². The Balaban J connectivity index is 2.09. The molecule has 0 aliphatic heterocycles. The van der Waals surface area contributed by atoms with Crippen molar-refractivity contribution in [1.82, 2.24) is 0 Å². The molecule has 0 fully saturated rings. The maximum atomic E-state index is 13.2. The molecule has 0 aliphatic carbocycles. The van der Waals surface area contributed by atoms with Gasteiger partial charge in [-0.1, -0.05) is 25.3 Å². The van der Waals surface area contributed by atoms with E-state index < -0.39 is 17.6 Å². The minimum Gasteiger partial charge on any atom is -0.488 e. The van der Waals surface area contributed by atoms with Crippen LogP contribution in [0.5, 0.6) is 5.75 Å². The van der Waals surface area contributed by atoms with E-state index in [2.05, 4.69) is 0 Å². The number of halogens is 2. The van der Waals surface area contributed by atoms with E-state index in [4.69, 9.17) is 9.84 Å². The molecule has 0 aliphatic rings. The first-order valence-electron chi connectivity index (χ1n) is 6.40. The van der Waals surface area contributed by atoms with Crippen LogP contribution in [0.1, 0.15) is 38.5 Å². The molecule has 0 saturated carbocycles. The molecule has 0 amide bonds. The molecule has 0 bridgehead atoms. The van der Waals surface area contributed by atoms with Crippen molar-refractivity contribution in [3.8, 4) is 5.75 Å². The fourth-order valence-corrected chi connectivity index (χ4v) is 1.70. The number of hydrogen-bond donors (Lipinski definition) is 1. The Kier molecular flexibility index (Phi) is 6.85. The van der Waals surface area contributed by atoms with Crippen molar-refractivity contribution in [2.24, 2.45) is 0 Å². The zero-order chi connectivity index (χ0) is 14.1. The number of carboxylic acids is 1. The Bertz CT molecular complexity index is 387. The second-order valence-electron chi connectivity index (χ2n) is 4.31. The average molecular weight is 272 g/mol. The predicted octanol–water partition coefficient (Wildman–Crippen LogP) is 3.77. The van der Waals surface area contributed by atoms with E-state index >= 15 is 0 Å². The maximum absolute atomic E-state index is 13.2. The Morgan fingerprint density at radius 1 is 1.05 bits per heavy atom. The predicted molar refractivity (Wildman–Crippen MR) is 67.2 cm³/mol. The summed E-state index contributed by atoms with van der Waals surface area (Å²) in [6.07, 6.45) is 4.16. The van der Waals surface area contributed by atoms with Crippen LogP contribution in [0.3, 0.4) is 0 Å². The zero-order valence-electron chi connectivity index (χ0n) is 10.7. The molecule has 19 heavy (non-hydrogen) atoms. The SMILES string of the molecule is O=C(O)CCCCCCCOc1c(F)cccc1F. The van der Waals surface area contributed by atoms with Gasteiger partial charge in [0.15, 0.2) is 17.4 Å². The minimum absolute atomic E-state index is 0.191. The van der Waals surface area contributed by atoms with Crippen molar-refractivity contribution >= 4 is 5.97 Å². The van der Waals surface area contributed by atoms with Crippen LogP contribution in [0, 0.1) is 11.6 Å². The number of carboxylic acid groups (broad SMARTS) is 1. The smallest absolute Gasteiger partial charge is 0.303 e. The van der Waals surface area contributed by atoms with Crippen molar-refractivity contribution in [1.29, 1.82) is 0 Å². The molecule has 3 nitrogen and oxygen atoms in total. The van der Waals surface area contributed by atoms with Crippen molar-refractivity contribution < 1.29 is 23.4 Å². The molecule has 0 atom stereocenters. The highest BCUT2D eigenvalue weighted by Crippen LogP contribution is 2.21. The van der Waals surface area contributed by atoms with Crippen LogP contribution >= 0.6 is 0 Å². The van der Waals surface area contributed by atoms with Gasteiger partial charge in [0.1, 0.15) is 0 Å². The minimum atomic E-state index is -0.779. The Morgan fingerprint density at radius 2 is 1.63 bits per heavy atom. The molecular weight excluding hydrogens is 254 g/mol. The first kappa shape index (κ1) is 15.4. The van der Waals surface area contributed by atoms with Crippen LogP contribution in [0.4, 0.5) is 8.78 Å². The van der Waals surface area contributed by atoms with Gasteiger partial charge in [-0.2, -0.15) is 0 Å². The molecule has 106 valence electrons. The molecule has 1 rings (SSSR count). The van der Waals surface area contributed by atoms with Crippen LogP contribution < -0.4 is 4.74 Å². The number of para-hydroxylation sites is 1. The molecule has 0 unspecified atom stereocenters. The lowest BCUT2D eigenvalue weighted by atomic mass is 10.1. The van der Waals surface area contributed by atoms with E-state index in [1.807, 2.05) is 0 Å². The van der Waals surface area contributed by atoms with Gasteiger partial charge in [0.05, 0.1) is 6.61 Å². The van der Waals surface area contributed by atoms with E-state index in [-0.39, 0.29) is 18.8 Å². The van der Waals surface area contributed by atoms with Gasteiger partial charge in [-0.3, -0.25) is 4.79 Å². The molecule has 0 saturated heterocycles. The van der Waals surface area contributed by atoms with Gasteiger partial charge in [0.2, 0.25) is 0 Å². The highest BCUT2D eigenvalue weighted by molar-refractivity contribution is 5.66. The highest BCUT2D eigenvalue weighted by Gasteiger charge is 2.08. The fraction of sp³-hybridized carbons (Fsp3) is 0.500. The lowest BCUT2D eigenvalue weighted by molar-refractivity contribution is -0.137. The van der Waals surface area contributed by atoms with Gasteiger partial charge >= 0.3 is 5.97 Å². The number of benzene rings is 1. The topological polar surface area (TPSA) is 46.5 Å². The standard InChI is InChI=1S/C14H18F2O3/c15-11-7-6-8-12(16)14(11)19-10-5-3-1-2-4-9-13(17)18/h6-8H,1-5,9-10H2,(H,17,18). The molecular formula is C14H18F2O3. The summed E-state index contributed by atoms with van der Waals surface area (Å²) in [5, 5.41) is 8.44. The maximum Gasteiger partial charge on any atom is 0.303 e. The summed E-state index contributed by atoms with van der Waals surface area (Å²) in [6, 6.07) is 3.61. The molecule has 1 aromatic carbocycles. The molecule has 0 heterocycles. The van der Waals surface area contributed by atoms with E-state index in [9.17, 15) is 13.6 Å².